The molecule has 0 bridgehead atoms. The Morgan fingerprint density at radius 3 is 2.39 bits per heavy atom. The molecule has 0 unspecified atom stereocenters. The highest BCUT2D eigenvalue weighted by molar-refractivity contribution is 7.89. The summed E-state index contributed by atoms with van der Waals surface area (Å²) in [5.74, 6) is 0.637. The molecular weight excluding hydrogens is 418 g/mol. The Hall–Kier alpha value is -3.43. The number of nitrogens with one attached hydrogen (secondary N) is 1. The van der Waals surface area contributed by atoms with Crippen LogP contribution in [0, 0.1) is 0 Å². The third kappa shape index (κ3) is 5.59. The van der Waals surface area contributed by atoms with Gasteiger partial charge in [0.25, 0.3) is 0 Å². The van der Waals surface area contributed by atoms with Crippen molar-refractivity contribution in [1.82, 2.24) is 9.29 Å². The molecule has 0 saturated carbocycles. The molecule has 1 heterocycles. The van der Waals surface area contributed by atoms with Gasteiger partial charge in [-0.3, -0.25) is 9.78 Å². The number of benzene rings is 2. The van der Waals surface area contributed by atoms with Gasteiger partial charge in [-0.1, -0.05) is 24.3 Å². The van der Waals surface area contributed by atoms with Crippen molar-refractivity contribution in [3.63, 3.8) is 0 Å². The van der Waals surface area contributed by atoms with E-state index in [4.69, 9.17) is 9.47 Å². The van der Waals surface area contributed by atoms with Crippen LogP contribution in [-0.4, -0.2) is 44.4 Å². The third-order valence-electron chi connectivity index (χ3n) is 4.49. The van der Waals surface area contributed by atoms with E-state index in [1.165, 1.54) is 31.6 Å². The van der Waals surface area contributed by atoms with Crippen molar-refractivity contribution >= 4 is 21.6 Å². The zero-order valence-electron chi connectivity index (χ0n) is 17.2. The normalized spacial score (nSPS) is 11.2. The molecule has 1 aromatic heterocycles. The largest absolute Gasteiger partial charge is 0.497 e. The highest BCUT2D eigenvalue weighted by atomic mass is 32.2. The summed E-state index contributed by atoms with van der Waals surface area (Å²) in [5.41, 5.74) is 1.16. The average molecular weight is 442 g/mol. The first-order valence-corrected chi connectivity index (χ1v) is 10.8. The molecule has 0 radical (unpaired) electrons. The summed E-state index contributed by atoms with van der Waals surface area (Å²) >= 11 is 0. The molecule has 9 heteroatoms. The standard InChI is InChI=1S/C22H23N3O5S/c1-29-18-11-9-17(10-12-18)15-25(31(27,28)19-6-5-13-23-14-19)16-22(26)24-20-7-3-4-8-21(20)30-2/h3-14H,15-16H2,1-2H3,(H,24,26). The summed E-state index contributed by atoms with van der Waals surface area (Å²) < 4.78 is 37.9. The van der Waals surface area contributed by atoms with Crippen LogP contribution in [0.4, 0.5) is 5.69 Å². The molecule has 31 heavy (non-hydrogen) atoms. The number of pyridine rings is 1. The Balaban J connectivity index is 1.86. The van der Waals surface area contributed by atoms with Crippen LogP contribution in [0.3, 0.4) is 0 Å². The van der Waals surface area contributed by atoms with Crippen LogP contribution in [0.25, 0.3) is 0 Å². The van der Waals surface area contributed by atoms with E-state index in [-0.39, 0.29) is 18.0 Å². The molecule has 0 aliphatic rings. The molecule has 1 amide bonds. The highest BCUT2D eigenvalue weighted by Gasteiger charge is 2.27. The van der Waals surface area contributed by atoms with Crippen LogP contribution in [0.2, 0.25) is 0 Å². The van der Waals surface area contributed by atoms with E-state index < -0.39 is 15.9 Å². The maximum atomic E-state index is 13.2. The lowest BCUT2D eigenvalue weighted by Gasteiger charge is -2.22. The number of ether oxygens (including phenoxy) is 2. The second kappa shape index (κ2) is 10.1. The number of amides is 1. The third-order valence-corrected chi connectivity index (χ3v) is 6.27. The maximum absolute atomic E-state index is 13.2. The van der Waals surface area contributed by atoms with Crippen LogP contribution >= 0.6 is 0 Å². The van der Waals surface area contributed by atoms with Gasteiger partial charge in [0.2, 0.25) is 15.9 Å². The minimum atomic E-state index is -3.97. The number of aromatic nitrogens is 1. The van der Waals surface area contributed by atoms with Crippen LogP contribution in [-0.2, 0) is 21.4 Å². The van der Waals surface area contributed by atoms with E-state index in [0.29, 0.717) is 22.7 Å². The maximum Gasteiger partial charge on any atom is 0.245 e. The number of carbonyl (C=O) groups excluding carboxylic acids is 1. The van der Waals surface area contributed by atoms with Gasteiger partial charge in [-0.25, -0.2) is 8.42 Å². The summed E-state index contributed by atoms with van der Waals surface area (Å²) in [5, 5.41) is 2.71. The van der Waals surface area contributed by atoms with Crippen LogP contribution < -0.4 is 14.8 Å². The zero-order valence-corrected chi connectivity index (χ0v) is 18.0. The molecule has 0 spiro atoms. The van der Waals surface area contributed by atoms with Gasteiger partial charge in [0.1, 0.15) is 16.4 Å². The van der Waals surface area contributed by atoms with Gasteiger partial charge >= 0.3 is 0 Å². The number of hydrogen-bond donors (Lipinski definition) is 1. The van der Waals surface area contributed by atoms with E-state index in [9.17, 15) is 13.2 Å². The van der Waals surface area contributed by atoms with Crippen LogP contribution in [0.15, 0.2) is 78.0 Å². The van der Waals surface area contributed by atoms with Gasteiger partial charge in [0.05, 0.1) is 26.5 Å². The van der Waals surface area contributed by atoms with Crippen LogP contribution in [0.5, 0.6) is 11.5 Å². The van der Waals surface area contributed by atoms with E-state index in [2.05, 4.69) is 10.3 Å². The molecule has 1 N–H and O–H groups in total. The van der Waals surface area contributed by atoms with Gasteiger partial charge < -0.3 is 14.8 Å². The van der Waals surface area contributed by atoms with Crippen molar-refractivity contribution in [3.8, 4) is 11.5 Å². The number of rotatable bonds is 9. The minimum Gasteiger partial charge on any atom is -0.497 e. The number of para-hydroxylation sites is 2. The van der Waals surface area contributed by atoms with Crippen molar-refractivity contribution in [2.75, 3.05) is 26.1 Å². The molecular formula is C22H23N3O5S. The molecule has 3 aromatic rings. The van der Waals surface area contributed by atoms with Crippen molar-refractivity contribution < 1.29 is 22.7 Å². The Labute approximate surface area is 181 Å². The monoisotopic (exact) mass is 441 g/mol. The lowest BCUT2D eigenvalue weighted by atomic mass is 10.2. The molecule has 3 rings (SSSR count). The Kier molecular flexibility index (Phi) is 7.22. The van der Waals surface area contributed by atoms with E-state index in [1.54, 1.807) is 55.6 Å². The molecule has 162 valence electrons. The van der Waals surface area contributed by atoms with E-state index >= 15 is 0 Å². The number of sulfonamides is 1. The number of carbonyl (C=O) groups is 1. The SMILES string of the molecule is COc1ccc(CN(CC(=O)Nc2ccccc2OC)S(=O)(=O)c2cccnc2)cc1. The second-order valence-corrected chi connectivity index (χ2v) is 8.50. The average Bonchev–Trinajstić information content (AvgIpc) is 2.80. The van der Waals surface area contributed by atoms with Gasteiger partial charge in [-0.15, -0.1) is 0 Å². The molecule has 0 atom stereocenters. The highest BCUT2D eigenvalue weighted by Crippen LogP contribution is 2.24. The fourth-order valence-electron chi connectivity index (χ4n) is 2.91. The van der Waals surface area contributed by atoms with Gasteiger partial charge in [-0.05, 0) is 42.0 Å². The number of hydrogen-bond acceptors (Lipinski definition) is 6. The predicted octanol–water partition coefficient (Wildman–Crippen LogP) is 2.93. The fraction of sp³-hybridized carbons (Fsp3) is 0.182. The lowest BCUT2D eigenvalue weighted by molar-refractivity contribution is -0.116. The van der Waals surface area contributed by atoms with Crippen LogP contribution in [0.1, 0.15) is 5.56 Å². The second-order valence-electron chi connectivity index (χ2n) is 6.56. The van der Waals surface area contributed by atoms with Crippen molar-refractivity contribution in [3.05, 3.63) is 78.6 Å². The molecule has 8 nitrogen and oxygen atoms in total. The Morgan fingerprint density at radius 2 is 1.74 bits per heavy atom. The van der Waals surface area contributed by atoms with Crippen molar-refractivity contribution in [2.45, 2.75) is 11.4 Å². The van der Waals surface area contributed by atoms with E-state index in [0.717, 1.165) is 4.31 Å². The Morgan fingerprint density at radius 1 is 1.00 bits per heavy atom. The summed E-state index contributed by atoms with van der Waals surface area (Å²) in [4.78, 5) is 16.7. The van der Waals surface area contributed by atoms with Crippen molar-refractivity contribution in [2.24, 2.45) is 0 Å². The van der Waals surface area contributed by atoms with Crippen molar-refractivity contribution in [1.29, 1.82) is 0 Å². The molecule has 0 fully saturated rings. The number of anilines is 1. The molecule has 2 aromatic carbocycles. The lowest BCUT2D eigenvalue weighted by Crippen LogP contribution is -2.37. The first-order chi connectivity index (χ1) is 14.9. The first-order valence-electron chi connectivity index (χ1n) is 9.40. The summed E-state index contributed by atoms with van der Waals surface area (Å²) in [6.45, 7) is -0.387. The number of nitrogens with zero attached hydrogens (tertiary/aromatic N) is 2. The Bertz CT molecular complexity index is 1120. The topological polar surface area (TPSA) is 97.8 Å². The van der Waals surface area contributed by atoms with E-state index in [1.807, 2.05) is 0 Å². The van der Waals surface area contributed by atoms with Gasteiger partial charge in [0, 0.05) is 18.9 Å². The fourth-order valence-corrected chi connectivity index (χ4v) is 4.26. The molecule has 0 aliphatic heterocycles. The minimum absolute atomic E-state index is 0.000562. The summed E-state index contributed by atoms with van der Waals surface area (Å²) in [6.07, 6.45) is 2.75. The molecule has 0 aliphatic carbocycles. The quantitative estimate of drug-likeness (QED) is 0.548. The first kappa shape index (κ1) is 22.3. The smallest absolute Gasteiger partial charge is 0.245 e. The number of methoxy groups -OCH3 is 2. The molecule has 0 saturated heterocycles. The zero-order chi connectivity index (χ0) is 22.3. The predicted molar refractivity (Wildman–Crippen MR) is 116 cm³/mol. The summed E-state index contributed by atoms with van der Waals surface area (Å²) in [6, 6.07) is 16.9. The van der Waals surface area contributed by atoms with Gasteiger partial charge in [-0.2, -0.15) is 4.31 Å². The van der Waals surface area contributed by atoms with Gasteiger partial charge in [0.15, 0.2) is 0 Å². The summed E-state index contributed by atoms with van der Waals surface area (Å²) in [7, 11) is -0.925.